The lowest BCUT2D eigenvalue weighted by atomic mass is 10.1. The Labute approximate surface area is 139 Å². The largest absolute Gasteiger partial charge is 0.348 e. The van der Waals surface area contributed by atoms with Crippen LogP contribution in [-0.2, 0) is 9.59 Å². The fourth-order valence-corrected chi connectivity index (χ4v) is 3.35. The van der Waals surface area contributed by atoms with E-state index in [0.717, 1.165) is 10.6 Å². The second kappa shape index (κ2) is 6.83. The summed E-state index contributed by atoms with van der Waals surface area (Å²) >= 11 is 1.40. The van der Waals surface area contributed by atoms with Crippen LogP contribution in [-0.4, -0.2) is 29.1 Å². The van der Waals surface area contributed by atoms with Crippen molar-refractivity contribution in [2.45, 2.75) is 18.0 Å². The fourth-order valence-electron chi connectivity index (χ4n) is 2.47. The van der Waals surface area contributed by atoms with Gasteiger partial charge in [0.05, 0.1) is 17.5 Å². The number of nitrogens with one attached hydrogen (secondary N) is 1. The summed E-state index contributed by atoms with van der Waals surface area (Å²) in [4.78, 5) is 30.2. The van der Waals surface area contributed by atoms with E-state index in [4.69, 9.17) is 0 Å². The summed E-state index contributed by atoms with van der Waals surface area (Å²) in [6, 6.07) is 13.2. The first-order valence-corrected chi connectivity index (χ1v) is 8.36. The number of carbonyl (C=O) groups excluding carboxylic acids is 2. The molecule has 0 bridgehead atoms. The SMILES string of the molecule is C[C@@H](NC(=O)CN1C(=O)CSc2ncccc21)c1ccccc1. The van der Waals surface area contributed by atoms with Gasteiger partial charge in [-0.2, -0.15) is 0 Å². The third-order valence-corrected chi connectivity index (χ3v) is 4.63. The summed E-state index contributed by atoms with van der Waals surface area (Å²) in [6.07, 6.45) is 1.69. The molecule has 0 radical (unpaired) electrons. The van der Waals surface area contributed by atoms with E-state index in [1.807, 2.05) is 43.3 Å². The topological polar surface area (TPSA) is 62.3 Å². The number of thioether (sulfide) groups is 1. The van der Waals surface area contributed by atoms with Crippen LogP contribution in [0.2, 0.25) is 0 Å². The number of hydrogen-bond acceptors (Lipinski definition) is 4. The molecule has 1 N–H and O–H groups in total. The Morgan fingerprint density at radius 1 is 1.30 bits per heavy atom. The van der Waals surface area contributed by atoms with Crippen molar-refractivity contribution in [1.29, 1.82) is 0 Å². The maximum absolute atomic E-state index is 12.3. The van der Waals surface area contributed by atoms with Gasteiger partial charge in [-0.25, -0.2) is 4.98 Å². The average Bonchev–Trinajstić information content (AvgIpc) is 2.58. The molecule has 0 unspecified atom stereocenters. The molecule has 2 amide bonds. The molecule has 6 heteroatoms. The fraction of sp³-hybridized carbons (Fsp3) is 0.235. The summed E-state index contributed by atoms with van der Waals surface area (Å²) in [6.45, 7) is 1.94. The molecule has 0 aliphatic carbocycles. The lowest BCUT2D eigenvalue weighted by Gasteiger charge is -2.28. The van der Waals surface area contributed by atoms with Gasteiger partial charge < -0.3 is 5.32 Å². The predicted molar refractivity (Wildman–Crippen MR) is 90.3 cm³/mol. The van der Waals surface area contributed by atoms with Crippen LogP contribution in [0.5, 0.6) is 0 Å². The Bertz CT molecular complexity index is 721. The Hall–Kier alpha value is -2.34. The van der Waals surface area contributed by atoms with Crippen LogP contribution in [0.25, 0.3) is 0 Å². The molecular weight excluding hydrogens is 310 g/mol. The highest BCUT2D eigenvalue weighted by molar-refractivity contribution is 8.00. The number of rotatable bonds is 4. The van der Waals surface area contributed by atoms with Crippen molar-refractivity contribution in [3.63, 3.8) is 0 Å². The first-order valence-electron chi connectivity index (χ1n) is 7.37. The van der Waals surface area contributed by atoms with E-state index < -0.39 is 0 Å². The van der Waals surface area contributed by atoms with Crippen molar-refractivity contribution in [1.82, 2.24) is 10.3 Å². The van der Waals surface area contributed by atoms with E-state index in [2.05, 4.69) is 10.3 Å². The van der Waals surface area contributed by atoms with Crippen molar-refractivity contribution in [2.75, 3.05) is 17.2 Å². The quantitative estimate of drug-likeness (QED) is 0.937. The van der Waals surface area contributed by atoms with Crippen LogP contribution in [0.1, 0.15) is 18.5 Å². The Balaban J connectivity index is 1.69. The standard InChI is InChI=1S/C17H17N3O2S/c1-12(13-6-3-2-4-7-13)19-15(21)10-20-14-8-5-9-18-17(14)23-11-16(20)22/h2-9,12H,10-11H2,1H3,(H,19,21)/t12-/m1/s1. The van der Waals surface area contributed by atoms with E-state index in [1.54, 1.807) is 12.3 Å². The van der Waals surface area contributed by atoms with Crippen LogP contribution in [0.15, 0.2) is 53.7 Å². The molecule has 1 atom stereocenters. The summed E-state index contributed by atoms with van der Waals surface area (Å²) in [5.41, 5.74) is 1.74. The van der Waals surface area contributed by atoms with Crippen LogP contribution < -0.4 is 10.2 Å². The molecule has 118 valence electrons. The van der Waals surface area contributed by atoms with E-state index in [9.17, 15) is 9.59 Å². The zero-order valence-electron chi connectivity index (χ0n) is 12.7. The highest BCUT2D eigenvalue weighted by atomic mass is 32.2. The monoisotopic (exact) mass is 327 g/mol. The van der Waals surface area contributed by atoms with E-state index in [1.165, 1.54) is 16.7 Å². The molecule has 1 aromatic carbocycles. The van der Waals surface area contributed by atoms with Crippen LogP contribution in [0, 0.1) is 0 Å². The molecule has 2 heterocycles. The van der Waals surface area contributed by atoms with Gasteiger partial charge in [0, 0.05) is 6.20 Å². The minimum Gasteiger partial charge on any atom is -0.348 e. The van der Waals surface area contributed by atoms with Crippen LogP contribution >= 0.6 is 11.8 Å². The van der Waals surface area contributed by atoms with E-state index in [-0.39, 0.29) is 24.4 Å². The highest BCUT2D eigenvalue weighted by Gasteiger charge is 2.27. The van der Waals surface area contributed by atoms with Crippen molar-refractivity contribution in [2.24, 2.45) is 0 Å². The molecule has 0 saturated carbocycles. The molecule has 0 spiro atoms. The van der Waals surface area contributed by atoms with Crippen LogP contribution in [0.3, 0.4) is 0 Å². The molecule has 2 aromatic rings. The van der Waals surface area contributed by atoms with Gasteiger partial charge >= 0.3 is 0 Å². The minimum atomic E-state index is -0.184. The van der Waals surface area contributed by atoms with Gasteiger partial charge in [-0.3, -0.25) is 14.5 Å². The van der Waals surface area contributed by atoms with Crippen molar-refractivity contribution in [3.05, 3.63) is 54.2 Å². The maximum Gasteiger partial charge on any atom is 0.240 e. The van der Waals surface area contributed by atoms with Gasteiger partial charge in [-0.1, -0.05) is 42.1 Å². The second-order valence-corrected chi connectivity index (χ2v) is 6.26. The number of nitrogens with zero attached hydrogens (tertiary/aromatic N) is 2. The van der Waals surface area contributed by atoms with Gasteiger partial charge in [0.1, 0.15) is 11.6 Å². The molecule has 23 heavy (non-hydrogen) atoms. The van der Waals surface area contributed by atoms with Gasteiger partial charge in [0.25, 0.3) is 0 Å². The summed E-state index contributed by atoms with van der Waals surface area (Å²) < 4.78 is 0. The Kier molecular flexibility index (Phi) is 4.62. The molecular formula is C17H17N3O2S. The number of hydrogen-bond donors (Lipinski definition) is 1. The normalized spacial score (nSPS) is 15.0. The Morgan fingerprint density at radius 2 is 2.09 bits per heavy atom. The number of amides is 2. The number of anilines is 1. The third-order valence-electron chi connectivity index (χ3n) is 3.65. The van der Waals surface area contributed by atoms with Gasteiger partial charge in [-0.15, -0.1) is 0 Å². The van der Waals surface area contributed by atoms with Crippen molar-refractivity contribution < 1.29 is 9.59 Å². The smallest absolute Gasteiger partial charge is 0.240 e. The molecule has 1 aromatic heterocycles. The summed E-state index contributed by atoms with van der Waals surface area (Å²) in [5, 5.41) is 3.72. The molecule has 3 rings (SSSR count). The average molecular weight is 327 g/mol. The molecule has 1 aliphatic rings. The first kappa shape index (κ1) is 15.6. The maximum atomic E-state index is 12.3. The molecule has 0 fully saturated rings. The number of carbonyl (C=O) groups is 2. The van der Waals surface area contributed by atoms with Gasteiger partial charge in [0.15, 0.2) is 0 Å². The van der Waals surface area contributed by atoms with Crippen LogP contribution in [0.4, 0.5) is 5.69 Å². The molecule has 5 nitrogen and oxygen atoms in total. The van der Waals surface area contributed by atoms with E-state index >= 15 is 0 Å². The number of fused-ring (bicyclic) bond motifs is 1. The lowest BCUT2D eigenvalue weighted by Crippen LogP contribution is -2.44. The summed E-state index contributed by atoms with van der Waals surface area (Å²) in [5.74, 6) is 0.0559. The lowest BCUT2D eigenvalue weighted by molar-refractivity contribution is -0.123. The predicted octanol–water partition coefficient (Wildman–Crippen LogP) is 2.40. The molecule has 0 saturated heterocycles. The number of pyridine rings is 1. The highest BCUT2D eigenvalue weighted by Crippen LogP contribution is 2.32. The van der Waals surface area contributed by atoms with Crippen molar-refractivity contribution >= 4 is 29.3 Å². The molecule has 1 aliphatic heterocycles. The number of benzene rings is 1. The summed E-state index contributed by atoms with van der Waals surface area (Å²) in [7, 11) is 0. The number of aromatic nitrogens is 1. The zero-order chi connectivity index (χ0) is 16.2. The second-order valence-electron chi connectivity index (χ2n) is 5.30. The first-order chi connectivity index (χ1) is 11.1. The van der Waals surface area contributed by atoms with Gasteiger partial charge in [0.2, 0.25) is 11.8 Å². The van der Waals surface area contributed by atoms with E-state index in [0.29, 0.717) is 11.4 Å². The Morgan fingerprint density at radius 3 is 2.87 bits per heavy atom. The third kappa shape index (κ3) is 3.53. The zero-order valence-corrected chi connectivity index (χ0v) is 13.5. The minimum absolute atomic E-state index is 0.00919. The van der Waals surface area contributed by atoms with Crippen molar-refractivity contribution in [3.8, 4) is 0 Å². The van der Waals surface area contributed by atoms with Gasteiger partial charge in [-0.05, 0) is 24.6 Å².